The molecule has 7 heteroatoms. The Kier molecular flexibility index (Phi) is 8.37. The fraction of sp³-hybridized carbons (Fsp3) is 0.238. The summed E-state index contributed by atoms with van der Waals surface area (Å²) in [6.07, 6.45) is 2.36. The van der Waals surface area contributed by atoms with Gasteiger partial charge in [0, 0.05) is 15.2 Å². The summed E-state index contributed by atoms with van der Waals surface area (Å²) in [5.41, 5.74) is 1.09. The number of halogens is 2. The Bertz CT molecular complexity index is 922. The Balaban J connectivity index is 2.33. The normalized spacial score (nSPS) is 10.9. The largest absolute Gasteiger partial charge is 0.490 e. The molecule has 0 unspecified atom stereocenters. The highest BCUT2D eigenvalue weighted by molar-refractivity contribution is 9.10. The van der Waals surface area contributed by atoms with Crippen LogP contribution in [0.2, 0.25) is 5.02 Å². The van der Waals surface area contributed by atoms with E-state index >= 15 is 0 Å². The maximum absolute atomic E-state index is 12.5. The number of amides is 1. The van der Waals surface area contributed by atoms with E-state index in [9.17, 15) is 10.1 Å². The topological polar surface area (TPSA) is 71.3 Å². The molecule has 0 bridgehead atoms. The molecule has 28 heavy (non-hydrogen) atoms. The molecule has 0 aromatic heterocycles. The molecule has 5 nitrogen and oxygen atoms in total. The van der Waals surface area contributed by atoms with Gasteiger partial charge in [-0.3, -0.25) is 4.79 Å². The van der Waals surface area contributed by atoms with Crippen LogP contribution in [0.15, 0.2) is 46.4 Å². The number of carbonyl (C=O) groups excluding carboxylic acids is 1. The maximum atomic E-state index is 12.5. The fourth-order valence-electron chi connectivity index (χ4n) is 2.32. The second kappa shape index (κ2) is 10.7. The number of anilines is 1. The van der Waals surface area contributed by atoms with E-state index < -0.39 is 5.91 Å². The molecule has 0 radical (unpaired) electrons. The summed E-state index contributed by atoms with van der Waals surface area (Å²) >= 11 is 9.40. The Morgan fingerprint density at radius 2 is 2.00 bits per heavy atom. The molecule has 0 aliphatic heterocycles. The van der Waals surface area contributed by atoms with Crippen molar-refractivity contribution in [3.63, 3.8) is 0 Å². The standard InChI is InChI=1S/C21H20BrClN2O3/c1-3-8-28-20-12-18(22)14(10-19(20)27-4-2)9-15(13-24)21(26)25-17-7-5-6-16(23)11-17/h5-7,9-12H,3-4,8H2,1-2H3,(H,25,26)/b15-9-. The summed E-state index contributed by atoms with van der Waals surface area (Å²) in [6, 6.07) is 12.2. The molecule has 0 saturated heterocycles. The van der Waals surface area contributed by atoms with E-state index in [4.69, 9.17) is 21.1 Å². The smallest absolute Gasteiger partial charge is 0.266 e. The van der Waals surface area contributed by atoms with Crippen LogP contribution in [0.3, 0.4) is 0 Å². The van der Waals surface area contributed by atoms with Crippen molar-refractivity contribution in [2.24, 2.45) is 0 Å². The lowest BCUT2D eigenvalue weighted by atomic mass is 10.1. The van der Waals surface area contributed by atoms with Crippen molar-refractivity contribution in [3.05, 3.63) is 57.0 Å². The number of carbonyl (C=O) groups is 1. The minimum absolute atomic E-state index is 0.0506. The highest BCUT2D eigenvalue weighted by Crippen LogP contribution is 2.35. The maximum Gasteiger partial charge on any atom is 0.266 e. The average Bonchev–Trinajstić information content (AvgIpc) is 2.66. The van der Waals surface area contributed by atoms with Crippen LogP contribution in [0.1, 0.15) is 25.8 Å². The van der Waals surface area contributed by atoms with E-state index in [1.807, 2.05) is 19.9 Å². The van der Waals surface area contributed by atoms with Crippen molar-refractivity contribution < 1.29 is 14.3 Å². The third-order valence-corrected chi connectivity index (χ3v) is 4.49. The summed E-state index contributed by atoms with van der Waals surface area (Å²) < 4.78 is 12.0. The lowest BCUT2D eigenvalue weighted by molar-refractivity contribution is -0.112. The van der Waals surface area contributed by atoms with Crippen LogP contribution < -0.4 is 14.8 Å². The second-order valence-corrected chi connectivity index (χ2v) is 7.03. The van der Waals surface area contributed by atoms with E-state index in [2.05, 4.69) is 21.2 Å². The summed E-state index contributed by atoms with van der Waals surface area (Å²) in [5.74, 6) is 0.633. The van der Waals surface area contributed by atoms with Crippen LogP contribution in [0, 0.1) is 11.3 Å². The van der Waals surface area contributed by atoms with Gasteiger partial charge < -0.3 is 14.8 Å². The van der Waals surface area contributed by atoms with E-state index in [0.717, 1.165) is 6.42 Å². The monoisotopic (exact) mass is 462 g/mol. The molecular formula is C21H20BrClN2O3. The molecule has 0 heterocycles. The number of hydrogen-bond acceptors (Lipinski definition) is 4. The van der Waals surface area contributed by atoms with Gasteiger partial charge >= 0.3 is 0 Å². The third-order valence-electron chi connectivity index (χ3n) is 3.57. The predicted octanol–water partition coefficient (Wildman–Crippen LogP) is 5.84. The molecule has 1 amide bonds. The molecule has 0 fully saturated rings. The number of nitriles is 1. The van der Waals surface area contributed by atoms with Crippen LogP contribution in [-0.2, 0) is 4.79 Å². The van der Waals surface area contributed by atoms with Crippen molar-refractivity contribution in [3.8, 4) is 17.6 Å². The second-order valence-electron chi connectivity index (χ2n) is 5.74. The summed E-state index contributed by atoms with van der Waals surface area (Å²) in [6.45, 7) is 4.92. The van der Waals surface area contributed by atoms with Crippen molar-refractivity contribution in [2.45, 2.75) is 20.3 Å². The third kappa shape index (κ3) is 6.01. The van der Waals surface area contributed by atoms with Gasteiger partial charge in [0.25, 0.3) is 5.91 Å². The van der Waals surface area contributed by atoms with E-state index in [0.29, 0.717) is 45.5 Å². The van der Waals surface area contributed by atoms with E-state index in [1.54, 1.807) is 36.4 Å². The Morgan fingerprint density at radius 1 is 1.25 bits per heavy atom. The van der Waals surface area contributed by atoms with Gasteiger partial charge in [-0.15, -0.1) is 0 Å². The Morgan fingerprint density at radius 3 is 2.64 bits per heavy atom. The number of rotatable bonds is 8. The van der Waals surface area contributed by atoms with Crippen molar-refractivity contribution in [1.82, 2.24) is 0 Å². The number of nitrogens with one attached hydrogen (secondary N) is 1. The SMILES string of the molecule is CCCOc1cc(Br)c(/C=C(/C#N)C(=O)Nc2cccc(Cl)c2)cc1OCC. The van der Waals surface area contributed by atoms with Crippen molar-refractivity contribution in [2.75, 3.05) is 18.5 Å². The highest BCUT2D eigenvalue weighted by atomic mass is 79.9. The van der Waals surface area contributed by atoms with Crippen LogP contribution in [0.25, 0.3) is 6.08 Å². The van der Waals surface area contributed by atoms with Crippen molar-refractivity contribution >= 4 is 45.2 Å². The molecule has 0 aliphatic carbocycles. The molecule has 2 aromatic carbocycles. The molecule has 0 saturated carbocycles. The Hall–Kier alpha value is -2.49. The fourth-order valence-corrected chi connectivity index (χ4v) is 2.95. The van der Waals surface area contributed by atoms with E-state index in [1.165, 1.54) is 6.08 Å². The van der Waals surface area contributed by atoms with Gasteiger partial charge in [0.1, 0.15) is 11.6 Å². The van der Waals surface area contributed by atoms with Gasteiger partial charge in [-0.1, -0.05) is 40.5 Å². The molecule has 146 valence electrons. The van der Waals surface area contributed by atoms with E-state index in [-0.39, 0.29) is 5.57 Å². The summed E-state index contributed by atoms with van der Waals surface area (Å²) in [5, 5.41) is 12.6. The van der Waals surface area contributed by atoms with Gasteiger partial charge in [0.2, 0.25) is 0 Å². The van der Waals surface area contributed by atoms with Crippen LogP contribution >= 0.6 is 27.5 Å². The van der Waals surface area contributed by atoms with Crippen molar-refractivity contribution in [1.29, 1.82) is 5.26 Å². The molecule has 2 aromatic rings. The minimum atomic E-state index is -0.527. The first-order valence-electron chi connectivity index (χ1n) is 8.76. The Labute approximate surface area is 178 Å². The number of nitrogens with zero attached hydrogens (tertiary/aromatic N) is 1. The summed E-state index contributed by atoms with van der Waals surface area (Å²) in [4.78, 5) is 12.5. The zero-order valence-electron chi connectivity index (χ0n) is 15.6. The molecule has 2 rings (SSSR count). The molecular weight excluding hydrogens is 444 g/mol. The summed E-state index contributed by atoms with van der Waals surface area (Å²) in [7, 11) is 0. The molecule has 0 spiro atoms. The average molecular weight is 464 g/mol. The van der Waals surface area contributed by atoms with Gasteiger partial charge in [0.15, 0.2) is 11.5 Å². The molecule has 1 N–H and O–H groups in total. The van der Waals surface area contributed by atoms with Gasteiger partial charge in [-0.05, 0) is 55.3 Å². The molecule has 0 aliphatic rings. The van der Waals surface area contributed by atoms with Gasteiger partial charge in [0.05, 0.1) is 13.2 Å². The van der Waals surface area contributed by atoms with Gasteiger partial charge in [-0.25, -0.2) is 0 Å². The van der Waals surface area contributed by atoms with Crippen LogP contribution in [-0.4, -0.2) is 19.1 Å². The van der Waals surface area contributed by atoms with Crippen LogP contribution in [0.5, 0.6) is 11.5 Å². The predicted molar refractivity (Wildman–Crippen MR) is 115 cm³/mol. The zero-order chi connectivity index (χ0) is 20.5. The first kappa shape index (κ1) is 21.8. The first-order valence-corrected chi connectivity index (χ1v) is 9.93. The van der Waals surface area contributed by atoms with Crippen LogP contribution in [0.4, 0.5) is 5.69 Å². The molecule has 0 atom stereocenters. The zero-order valence-corrected chi connectivity index (χ0v) is 17.9. The lowest BCUT2D eigenvalue weighted by Crippen LogP contribution is -2.13. The minimum Gasteiger partial charge on any atom is -0.490 e. The number of hydrogen-bond donors (Lipinski definition) is 1. The quantitative estimate of drug-likeness (QED) is 0.394. The first-order chi connectivity index (χ1) is 13.5. The van der Waals surface area contributed by atoms with Gasteiger partial charge in [-0.2, -0.15) is 5.26 Å². The number of benzene rings is 2. The highest BCUT2D eigenvalue weighted by Gasteiger charge is 2.14. The number of ether oxygens (including phenoxy) is 2. The lowest BCUT2D eigenvalue weighted by Gasteiger charge is -2.13.